The summed E-state index contributed by atoms with van der Waals surface area (Å²) in [5.41, 5.74) is 0.960. The second-order valence-corrected chi connectivity index (χ2v) is 9.29. The minimum atomic E-state index is -4.39. The Bertz CT molecular complexity index is 1270. The van der Waals surface area contributed by atoms with Gasteiger partial charge in [-0.05, 0) is 48.2 Å². The van der Waals surface area contributed by atoms with Crippen LogP contribution in [0.15, 0.2) is 65.6 Å². The van der Waals surface area contributed by atoms with Crippen molar-refractivity contribution in [1.82, 2.24) is 0 Å². The third-order valence-corrected chi connectivity index (χ3v) is 7.05. The molecule has 1 saturated carbocycles. The topological polar surface area (TPSA) is 99.1 Å². The van der Waals surface area contributed by atoms with Crippen LogP contribution < -0.4 is 9.47 Å². The second-order valence-electron chi connectivity index (χ2n) is 7.72. The van der Waals surface area contributed by atoms with Crippen molar-refractivity contribution < 1.29 is 32.0 Å². The van der Waals surface area contributed by atoms with Crippen molar-refractivity contribution in [2.75, 3.05) is 0 Å². The number of carboxylic acids is 1. The highest BCUT2D eigenvalue weighted by atomic mass is 32.2. The average Bonchev–Trinajstić information content (AvgIpc) is 3.35. The fourth-order valence-electron chi connectivity index (χ4n) is 4.34. The molecule has 0 spiro atoms. The van der Waals surface area contributed by atoms with E-state index in [0.717, 1.165) is 30.2 Å². The Kier molecular flexibility index (Phi) is 4.83. The van der Waals surface area contributed by atoms with Gasteiger partial charge < -0.3 is 14.6 Å². The third-order valence-electron chi connectivity index (χ3n) is 5.79. The number of ether oxygens (including phenoxy) is 2. The molecule has 1 fully saturated rings. The van der Waals surface area contributed by atoms with Crippen molar-refractivity contribution in [3.05, 3.63) is 66.2 Å². The Morgan fingerprint density at radius 2 is 1.84 bits per heavy atom. The summed E-state index contributed by atoms with van der Waals surface area (Å²) in [5, 5.41) is 11.1. The molecule has 31 heavy (non-hydrogen) atoms. The summed E-state index contributed by atoms with van der Waals surface area (Å²) in [6, 6.07) is 16.9. The average molecular weight is 440 g/mol. The summed E-state index contributed by atoms with van der Waals surface area (Å²) >= 11 is 0. The van der Waals surface area contributed by atoms with Crippen LogP contribution in [-0.4, -0.2) is 31.9 Å². The lowest BCUT2D eigenvalue weighted by Crippen LogP contribution is -2.32. The van der Waals surface area contributed by atoms with Gasteiger partial charge in [0, 0.05) is 11.5 Å². The molecule has 0 amide bonds. The van der Waals surface area contributed by atoms with Gasteiger partial charge in [0.25, 0.3) is 0 Å². The van der Waals surface area contributed by atoms with Crippen LogP contribution in [-0.2, 0) is 19.1 Å². The van der Waals surface area contributed by atoms with Crippen molar-refractivity contribution in [3.63, 3.8) is 0 Å². The molecule has 3 aromatic rings. The molecule has 3 unspecified atom stereocenters. The Labute approximate surface area is 179 Å². The van der Waals surface area contributed by atoms with Gasteiger partial charge in [-0.15, -0.1) is 0 Å². The lowest BCUT2D eigenvalue weighted by molar-refractivity contribution is -0.158. The standard InChI is InChI=1S/C23H20O7S/c24-22(25)23(29-20-10-4-8-18-17-7-3-9-19(17)28-21(18)20)30-31(26,27)16-12-11-14-5-1-2-6-15(14)13-16/h1-2,4-6,8,10-13,17,19,23H,3,7,9H2,(H,24,25). The monoisotopic (exact) mass is 440 g/mol. The number of carbonyl (C=O) groups is 1. The lowest BCUT2D eigenvalue weighted by atomic mass is 9.97. The highest BCUT2D eigenvalue weighted by molar-refractivity contribution is 7.86. The number of hydrogen-bond acceptors (Lipinski definition) is 6. The maximum Gasteiger partial charge on any atom is 0.375 e. The Balaban J connectivity index is 1.42. The third kappa shape index (κ3) is 3.62. The predicted molar refractivity (Wildman–Crippen MR) is 112 cm³/mol. The van der Waals surface area contributed by atoms with Gasteiger partial charge >= 0.3 is 22.4 Å². The zero-order valence-electron chi connectivity index (χ0n) is 16.4. The molecule has 0 bridgehead atoms. The van der Waals surface area contributed by atoms with Crippen molar-refractivity contribution in [3.8, 4) is 11.5 Å². The molecule has 0 saturated heterocycles. The minimum Gasteiger partial charge on any atom is -0.486 e. The summed E-state index contributed by atoms with van der Waals surface area (Å²) in [6.07, 6.45) is 0.993. The number of fused-ring (bicyclic) bond motifs is 4. The maximum atomic E-state index is 12.8. The van der Waals surface area contributed by atoms with E-state index >= 15 is 0 Å². The normalized spacial score (nSPS) is 20.6. The van der Waals surface area contributed by atoms with E-state index in [1.807, 2.05) is 18.2 Å². The summed E-state index contributed by atoms with van der Waals surface area (Å²) in [6.45, 7) is 0. The van der Waals surface area contributed by atoms with Crippen LogP contribution in [0.4, 0.5) is 0 Å². The molecule has 7 nitrogen and oxygen atoms in total. The van der Waals surface area contributed by atoms with E-state index < -0.39 is 22.4 Å². The van der Waals surface area contributed by atoms with E-state index in [1.54, 1.807) is 30.3 Å². The van der Waals surface area contributed by atoms with Crippen LogP contribution in [0.3, 0.4) is 0 Å². The zero-order valence-corrected chi connectivity index (χ0v) is 17.2. The lowest BCUT2D eigenvalue weighted by Gasteiger charge is -2.18. The molecule has 8 heteroatoms. The number of rotatable bonds is 6. The van der Waals surface area contributed by atoms with E-state index in [9.17, 15) is 18.3 Å². The van der Waals surface area contributed by atoms with Crippen LogP contribution in [0.1, 0.15) is 30.7 Å². The maximum absolute atomic E-state index is 12.8. The molecule has 160 valence electrons. The van der Waals surface area contributed by atoms with Crippen LogP contribution in [0.25, 0.3) is 10.8 Å². The van der Waals surface area contributed by atoms with Crippen molar-refractivity contribution in [2.45, 2.75) is 42.5 Å². The second kappa shape index (κ2) is 7.55. The summed E-state index contributed by atoms with van der Waals surface area (Å²) < 4.78 is 42.0. The van der Waals surface area contributed by atoms with Gasteiger partial charge in [0.1, 0.15) is 6.10 Å². The predicted octanol–water partition coefficient (Wildman–Crippen LogP) is 4.06. The van der Waals surface area contributed by atoms with Crippen LogP contribution in [0, 0.1) is 0 Å². The molecule has 1 heterocycles. The first-order valence-electron chi connectivity index (χ1n) is 10.0. The molecule has 3 aromatic carbocycles. The highest BCUT2D eigenvalue weighted by Gasteiger charge is 2.40. The zero-order chi connectivity index (χ0) is 21.6. The number of para-hydroxylation sites is 1. The first kappa shape index (κ1) is 19.8. The number of aliphatic carboxylic acids is 1. The van der Waals surface area contributed by atoms with E-state index in [4.69, 9.17) is 13.7 Å². The van der Waals surface area contributed by atoms with E-state index in [2.05, 4.69) is 0 Å². The van der Waals surface area contributed by atoms with E-state index in [-0.39, 0.29) is 22.7 Å². The van der Waals surface area contributed by atoms with Crippen molar-refractivity contribution in [2.24, 2.45) is 0 Å². The molecule has 1 aliphatic heterocycles. The fraction of sp³-hybridized carbons (Fsp3) is 0.261. The van der Waals surface area contributed by atoms with Crippen molar-refractivity contribution >= 4 is 26.9 Å². The molecule has 0 aromatic heterocycles. The van der Waals surface area contributed by atoms with E-state index in [0.29, 0.717) is 11.1 Å². The smallest absolute Gasteiger partial charge is 0.375 e. The Morgan fingerprint density at radius 1 is 1.03 bits per heavy atom. The van der Waals surface area contributed by atoms with Gasteiger partial charge in [0.05, 0.1) is 4.90 Å². The summed E-state index contributed by atoms with van der Waals surface area (Å²) in [5.74, 6) is -0.674. The van der Waals surface area contributed by atoms with Gasteiger partial charge in [-0.25, -0.2) is 8.98 Å². The Morgan fingerprint density at radius 3 is 2.65 bits per heavy atom. The molecule has 1 N–H and O–H groups in total. The van der Waals surface area contributed by atoms with Gasteiger partial charge in [0.15, 0.2) is 11.5 Å². The number of benzene rings is 3. The van der Waals surface area contributed by atoms with Crippen LogP contribution in [0.5, 0.6) is 11.5 Å². The van der Waals surface area contributed by atoms with Gasteiger partial charge in [-0.1, -0.05) is 42.5 Å². The van der Waals surface area contributed by atoms with Crippen LogP contribution >= 0.6 is 0 Å². The van der Waals surface area contributed by atoms with Crippen molar-refractivity contribution in [1.29, 1.82) is 0 Å². The minimum absolute atomic E-state index is 0.0466. The fourth-order valence-corrected chi connectivity index (χ4v) is 5.31. The van der Waals surface area contributed by atoms with E-state index in [1.165, 1.54) is 12.1 Å². The molecular formula is C23H20O7S. The molecule has 0 radical (unpaired) electrons. The first-order valence-corrected chi connectivity index (χ1v) is 11.4. The highest BCUT2D eigenvalue weighted by Crippen LogP contribution is 2.50. The largest absolute Gasteiger partial charge is 0.486 e. The quantitative estimate of drug-likeness (QED) is 0.456. The molecular weight excluding hydrogens is 420 g/mol. The first-order chi connectivity index (χ1) is 14.9. The SMILES string of the molecule is O=C(O)C(Oc1cccc2c1OC1CCCC21)OS(=O)(=O)c1ccc2ccccc2c1. The van der Waals surface area contributed by atoms with Gasteiger partial charge in [-0.3, -0.25) is 0 Å². The summed E-state index contributed by atoms with van der Waals surface area (Å²) in [7, 11) is -4.39. The molecule has 2 aliphatic rings. The number of carboxylic acid groups (broad SMARTS) is 1. The number of hydrogen-bond donors (Lipinski definition) is 1. The molecule has 3 atom stereocenters. The summed E-state index contributed by atoms with van der Waals surface area (Å²) in [4.78, 5) is 11.6. The molecule has 1 aliphatic carbocycles. The Hall–Kier alpha value is -3.10. The van der Waals surface area contributed by atoms with Crippen LogP contribution in [0.2, 0.25) is 0 Å². The molecule has 5 rings (SSSR count). The van der Waals surface area contributed by atoms with Gasteiger partial charge in [-0.2, -0.15) is 8.42 Å². The van der Waals surface area contributed by atoms with Gasteiger partial charge in [0.2, 0.25) is 0 Å².